The lowest BCUT2D eigenvalue weighted by Crippen LogP contribution is -2.55. The van der Waals surface area contributed by atoms with E-state index < -0.39 is 11.4 Å². The number of hydrogen-bond donors (Lipinski definition) is 0. The molecule has 1 saturated heterocycles. The molecule has 35 heavy (non-hydrogen) atoms. The number of carbonyl (C=O) groups is 1. The average Bonchev–Trinajstić information content (AvgIpc) is 3.17. The van der Waals surface area contributed by atoms with Gasteiger partial charge in [0.05, 0.1) is 6.61 Å². The van der Waals surface area contributed by atoms with Gasteiger partial charge in [-0.1, -0.05) is 49.9 Å². The number of hydrogen-bond acceptors (Lipinski definition) is 5. The van der Waals surface area contributed by atoms with Crippen LogP contribution in [0.1, 0.15) is 81.9 Å². The minimum atomic E-state index is -1.15. The van der Waals surface area contributed by atoms with Crippen LogP contribution in [0.4, 0.5) is 0 Å². The van der Waals surface area contributed by atoms with Crippen molar-refractivity contribution in [1.82, 2.24) is 0 Å². The molecule has 0 radical (unpaired) electrons. The molecule has 0 amide bonds. The van der Waals surface area contributed by atoms with Gasteiger partial charge in [-0.05, 0) is 92.9 Å². The average molecular weight is 491 g/mol. The van der Waals surface area contributed by atoms with Crippen LogP contribution in [-0.4, -0.2) is 23.8 Å². The van der Waals surface area contributed by atoms with Crippen molar-refractivity contribution in [3.8, 4) is 0 Å². The predicted octanol–water partition coefficient (Wildman–Crippen LogP) is 6.79. The van der Waals surface area contributed by atoms with Crippen LogP contribution in [0.15, 0.2) is 52.3 Å². The van der Waals surface area contributed by atoms with Gasteiger partial charge in [-0.25, -0.2) is 4.79 Å². The molecule has 0 aromatic heterocycles. The molecule has 4 bridgehead atoms. The van der Waals surface area contributed by atoms with Crippen molar-refractivity contribution >= 4 is 17.7 Å². The Morgan fingerprint density at radius 3 is 2.31 bits per heavy atom. The van der Waals surface area contributed by atoms with E-state index in [1.54, 1.807) is 11.8 Å². The minimum absolute atomic E-state index is 0.183. The van der Waals surface area contributed by atoms with Crippen LogP contribution < -0.4 is 0 Å². The van der Waals surface area contributed by atoms with Gasteiger partial charge in [-0.3, -0.25) is 0 Å². The van der Waals surface area contributed by atoms with Crippen molar-refractivity contribution in [1.29, 1.82) is 0 Å². The summed E-state index contributed by atoms with van der Waals surface area (Å²) < 4.78 is 19.9. The molecule has 184 valence electrons. The first-order valence-electron chi connectivity index (χ1n) is 13.3. The minimum Gasteiger partial charge on any atom is -0.457 e. The quantitative estimate of drug-likeness (QED) is 0.443. The van der Waals surface area contributed by atoms with Gasteiger partial charge in [-0.2, -0.15) is 0 Å². The lowest BCUT2D eigenvalue weighted by Gasteiger charge is -2.56. The lowest BCUT2D eigenvalue weighted by atomic mass is 9.54. The van der Waals surface area contributed by atoms with Crippen molar-refractivity contribution in [3.63, 3.8) is 0 Å². The fourth-order valence-corrected chi connectivity index (χ4v) is 8.92. The normalized spacial score (nSPS) is 38.6. The smallest absolute Gasteiger partial charge is 0.341 e. The summed E-state index contributed by atoms with van der Waals surface area (Å²) in [6.45, 7) is 6.44. The molecule has 2 atom stereocenters. The molecule has 1 spiro atoms. The first-order chi connectivity index (χ1) is 16.8. The summed E-state index contributed by atoms with van der Waals surface area (Å²) in [5.41, 5.74) is 1.77. The molecule has 6 aliphatic rings. The van der Waals surface area contributed by atoms with Crippen LogP contribution >= 0.6 is 11.8 Å². The first-order valence-corrected chi connectivity index (χ1v) is 14.1. The van der Waals surface area contributed by atoms with E-state index in [-0.39, 0.29) is 18.2 Å². The summed E-state index contributed by atoms with van der Waals surface area (Å²) in [4.78, 5) is 16.1. The van der Waals surface area contributed by atoms with E-state index in [1.165, 1.54) is 24.8 Å². The summed E-state index contributed by atoms with van der Waals surface area (Å²) in [7, 11) is 0. The zero-order valence-electron chi connectivity index (χ0n) is 20.8. The number of carbonyl (C=O) groups excluding carboxylic acids is 1. The Morgan fingerprint density at radius 1 is 0.971 bits per heavy atom. The molecule has 2 aromatic rings. The highest BCUT2D eigenvalue weighted by Crippen LogP contribution is 2.59. The van der Waals surface area contributed by atoms with E-state index in [0.29, 0.717) is 5.92 Å². The Balaban J connectivity index is 1.24. The Bertz CT molecular complexity index is 1170. The summed E-state index contributed by atoms with van der Waals surface area (Å²) in [6, 6.07) is 14.8. The van der Waals surface area contributed by atoms with E-state index in [1.807, 2.05) is 19.1 Å². The van der Waals surface area contributed by atoms with Gasteiger partial charge in [-0.15, -0.1) is 0 Å². The number of esters is 1. The van der Waals surface area contributed by atoms with E-state index in [2.05, 4.69) is 44.2 Å². The van der Waals surface area contributed by atoms with Crippen LogP contribution in [0.5, 0.6) is 0 Å². The van der Waals surface area contributed by atoms with Gasteiger partial charge in [0.15, 0.2) is 5.60 Å². The highest BCUT2D eigenvalue weighted by atomic mass is 32.2. The summed E-state index contributed by atoms with van der Waals surface area (Å²) in [5, 5.41) is 0. The summed E-state index contributed by atoms with van der Waals surface area (Å²) in [5.74, 6) is 1.19. The molecule has 1 unspecified atom stereocenters. The number of rotatable bonds is 3. The van der Waals surface area contributed by atoms with Crippen LogP contribution in [-0.2, 0) is 24.8 Å². The second kappa shape index (κ2) is 7.60. The maximum Gasteiger partial charge on any atom is 0.341 e. The van der Waals surface area contributed by atoms with Crippen molar-refractivity contribution in [2.24, 2.45) is 17.8 Å². The second-order valence-corrected chi connectivity index (χ2v) is 13.3. The first kappa shape index (κ1) is 22.4. The third-order valence-electron chi connectivity index (χ3n) is 9.13. The van der Waals surface area contributed by atoms with Crippen molar-refractivity contribution in [3.05, 3.63) is 59.2 Å². The van der Waals surface area contributed by atoms with E-state index >= 15 is 0 Å². The number of benzene rings is 2. The zero-order valence-corrected chi connectivity index (χ0v) is 21.7. The maximum absolute atomic E-state index is 13.8. The van der Waals surface area contributed by atoms with Crippen molar-refractivity contribution < 1.29 is 19.0 Å². The van der Waals surface area contributed by atoms with Crippen LogP contribution in [0, 0.1) is 17.8 Å². The van der Waals surface area contributed by atoms with Gasteiger partial charge < -0.3 is 14.2 Å². The molecule has 2 heterocycles. The fraction of sp³-hybridized carbons (Fsp3) is 0.567. The van der Waals surface area contributed by atoms with E-state index in [4.69, 9.17) is 14.2 Å². The zero-order chi connectivity index (χ0) is 24.0. The van der Waals surface area contributed by atoms with E-state index in [0.717, 1.165) is 57.9 Å². The molecule has 5 heteroatoms. The Morgan fingerprint density at radius 2 is 1.63 bits per heavy atom. The number of ether oxygens (including phenoxy) is 3. The van der Waals surface area contributed by atoms with Gasteiger partial charge in [0.25, 0.3) is 0 Å². The Hall–Kier alpha value is -1.82. The second-order valence-electron chi connectivity index (χ2n) is 12.2. The molecular formula is C30H34O4S. The SMILES string of the molecule is CC(C)c1ccc2c(c1)[C@@]1(OCC(C)(C(=O)OC34CC5CC(CC(C5)C3)C4)O1)c1ccccc1S2. The summed E-state index contributed by atoms with van der Waals surface area (Å²) >= 11 is 1.74. The third kappa shape index (κ3) is 3.38. The van der Waals surface area contributed by atoms with Crippen molar-refractivity contribution in [2.45, 2.75) is 92.0 Å². The maximum atomic E-state index is 13.8. The van der Waals surface area contributed by atoms with Crippen LogP contribution in [0.3, 0.4) is 0 Å². The molecule has 2 aromatic carbocycles. The third-order valence-corrected chi connectivity index (χ3v) is 10.3. The summed E-state index contributed by atoms with van der Waals surface area (Å²) in [6.07, 6.45) is 7.02. The van der Waals surface area contributed by atoms with Gasteiger partial charge in [0.2, 0.25) is 5.79 Å². The van der Waals surface area contributed by atoms with Gasteiger partial charge >= 0.3 is 5.97 Å². The topological polar surface area (TPSA) is 44.8 Å². The molecule has 5 fully saturated rings. The monoisotopic (exact) mass is 490 g/mol. The Labute approximate surface area is 212 Å². The molecule has 0 N–H and O–H groups in total. The molecule has 4 saturated carbocycles. The predicted molar refractivity (Wildman–Crippen MR) is 134 cm³/mol. The molecular weight excluding hydrogens is 456 g/mol. The van der Waals surface area contributed by atoms with Crippen LogP contribution in [0.2, 0.25) is 0 Å². The highest BCUT2D eigenvalue weighted by Gasteiger charge is 2.60. The molecule has 8 rings (SSSR count). The standard InChI is InChI=1S/C30H34O4S/c1-18(2)22-8-9-26-24(13-22)30(23-6-4-5-7-25(23)35-26)32-17-28(3,34-30)27(31)33-29-14-19-10-20(15-29)12-21(11-19)16-29/h4-9,13,18-21H,10-12,14-17H2,1-3H3/t19?,20?,21?,28?,29?,30-/m1/s1. The van der Waals surface area contributed by atoms with E-state index in [9.17, 15) is 4.79 Å². The molecule has 2 aliphatic heterocycles. The highest BCUT2D eigenvalue weighted by molar-refractivity contribution is 7.99. The van der Waals surface area contributed by atoms with Gasteiger partial charge in [0, 0.05) is 20.9 Å². The van der Waals surface area contributed by atoms with Gasteiger partial charge in [0.1, 0.15) is 5.60 Å². The molecule has 4 aliphatic carbocycles. The van der Waals surface area contributed by atoms with Crippen molar-refractivity contribution in [2.75, 3.05) is 6.61 Å². The Kier molecular flexibility index (Phi) is 4.86. The lowest BCUT2D eigenvalue weighted by molar-refractivity contribution is -0.216. The molecule has 4 nitrogen and oxygen atoms in total. The largest absolute Gasteiger partial charge is 0.457 e. The number of fused-ring (bicyclic) bond motifs is 4. The fourth-order valence-electron chi connectivity index (χ4n) is 7.79. The van der Waals surface area contributed by atoms with Crippen LogP contribution in [0.25, 0.3) is 0 Å².